The normalized spacial score (nSPS) is 26.2. The van der Waals surface area contributed by atoms with Crippen LogP contribution in [0.4, 0.5) is 0 Å². The molecule has 0 aromatic carbocycles. The number of hydrogen-bond acceptors (Lipinski definition) is 3. The Morgan fingerprint density at radius 2 is 2.12 bits per heavy atom. The third-order valence-electron chi connectivity index (χ3n) is 2.93. The van der Waals surface area contributed by atoms with Gasteiger partial charge >= 0.3 is 0 Å². The first-order valence-electron chi connectivity index (χ1n) is 6.15. The summed E-state index contributed by atoms with van der Waals surface area (Å²) in [5.41, 5.74) is 5.59. The van der Waals surface area contributed by atoms with Crippen LogP contribution in [-0.2, 0) is 9.53 Å². The predicted octanol–water partition coefficient (Wildman–Crippen LogP) is 1.47. The number of ether oxygens (including phenoxy) is 1. The molecule has 1 rings (SSSR count). The van der Waals surface area contributed by atoms with Gasteiger partial charge in [0.15, 0.2) is 0 Å². The molecule has 0 bridgehead atoms. The lowest BCUT2D eigenvalue weighted by molar-refractivity contribution is -0.123. The second kappa shape index (κ2) is 7.90. The van der Waals surface area contributed by atoms with Crippen molar-refractivity contribution in [3.8, 4) is 0 Å². The van der Waals surface area contributed by atoms with Gasteiger partial charge in [0.25, 0.3) is 0 Å². The number of hydrogen-bond donors (Lipinski definition) is 2. The molecule has 0 aliphatic carbocycles. The first kappa shape index (κ1) is 16.7. The number of carbonyl (C=O) groups is 1. The van der Waals surface area contributed by atoms with Crippen LogP contribution in [0.3, 0.4) is 0 Å². The van der Waals surface area contributed by atoms with E-state index in [1.807, 2.05) is 6.92 Å². The van der Waals surface area contributed by atoms with Crippen LogP contribution < -0.4 is 11.1 Å². The number of halogens is 1. The molecule has 17 heavy (non-hydrogen) atoms. The maximum absolute atomic E-state index is 11.6. The molecule has 0 aromatic rings. The molecule has 1 aliphatic rings. The van der Waals surface area contributed by atoms with Gasteiger partial charge in [-0.25, -0.2) is 0 Å². The van der Waals surface area contributed by atoms with Crippen molar-refractivity contribution in [1.29, 1.82) is 0 Å². The lowest BCUT2D eigenvalue weighted by Gasteiger charge is -2.32. The molecule has 0 saturated carbocycles. The minimum atomic E-state index is -0.0688. The van der Waals surface area contributed by atoms with Gasteiger partial charge in [-0.15, -0.1) is 12.4 Å². The Bertz CT molecular complexity index is 235. The second-order valence-electron chi connectivity index (χ2n) is 5.12. The fourth-order valence-corrected chi connectivity index (χ4v) is 2.00. The van der Waals surface area contributed by atoms with Gasteiger partial charge in [-0.05, 0) is 25.7 Å². The molecule has 3 unspecified atom stereocenters. The van der Waals surface area contributed by atoms with Crippen molar-refractivity contribution in [3.05, 3.63) is 0 Å². The summed E-state index contributed by atoms with van der Waals surface area (Å²) in [5, 5.41) is 3.04. The third kappa shape index (κ3) is 6.24. The molecule has 102 valence electrons. The molecule has 3 N–H and O–H groups in total. The highest BCUT2D eigenvalue weighted by molar-refractivity contribution is 5.85. The van der Waals surface area contributed by atoms with Gasteiger partial charge in [-0.1, -0.05) is 13.8 Å². The van der Waals surface area contributed by atoms with E-state index in [-0.39, 0.29) is 36.5 Å². The van der Waals surface area contributed by atoms with Crippen LogP contribution in [0, 0.1) is 5.92 Å². The number of amides is 1. The van der Waals surface area contributed by atoms with E-state index in [9.17, 15) is 4.79 Å². The standard InChI is InChI=1S/C12H24N2O2.ClH/c1-8(2)11-7-10(4-5-16-11)14-12(15)6-9(3)13;/h8-11H,4-7,13H2,1-3H3,(H,14,15);1H. The smallest absolute Gasteiger partial charge is 0.221 e. The molecule has 1 amide bonds. The maximum Gasteiger partial charge on any atom is 0.221 e. The van der Waals surface area contributed by atoms with Gasteiger partial charge in [0.1, 0.15) is 0 Å². The largest absolute Gasteiger partial charge is 0.378 e. The van der Waals surface area contributed by atoms with Crippen molar-refractivity contribution in [2.24, 2.45) is 11.7 Å². The summed E-state index contributed by atoms with van der Waals surface area (Å²) in [6, 6.07) is 0.188. The van der Waals surface area contributed by atoms with Crippen LogP contribution >= 0.6 is 12.4 Å². The van der Waals surface area contributed by atoms with Gasteiger partial charge < -0.3 is 15.8 Å². The fourth-order valence-electron chi connectivity index (χ4n) is 2.00. The van der Waals surface area contributed by atoms with E-state index in [0.717, 1.165) is 19.4 Å². The summed E-state index contributed by atoms with van der Waals surface area (Å²) in [6.45, 7) is 6.89. The van der Waals surface area contributed by atoms with Crippen molar-refractivity contribution in [1.82, 2.24) is 5.32 Å². The van der Waals surface area contributed by atoms with Crippen LogP contribution in [0.2, 0.25) is 0 Å². The molecule has 1 fully saturated rings. The molecule has 0 radical (unpaired) electrons. The Hall–Kier alpha value is -0.320. The summed E-state index contributed by atoms with van der Waals surface area (Å²) in [4.78, 5) is 11.6. The van der Waals surface area contributed by atoms with Crippen LogP contribution in [0.1, 0.15) is 40.0 Å². The van der Waals surface area contributed by atoms with E-state index in [2.05, 4.69) is 19.2 Å². The quantitative estimate of drug-likeness (QED) is 0.808. The van der Waals surface area contributed by atoms with E-state index in [1.165, 1.54) is 0 Å². The average molecular weight is 265 g/mol. The molecule has 0 aromatic heterocycles. The Morgan fingerprint density at radius 3 is 2.65 bits per heavy atom. The highest BCUT2D eigenvalue weighted by Gasteiger charge is 2.25. The van der Waals surface area contributed by atoms with Crippen molar-refractivity contribution < 1.29 is 9.53 Å². The topological polar surface area (TPSA) is 64.4 Å². The number of nitrogens with one attached hydrogen (secondary N) is 1. The fraction of sp³-hybridized carbons (Fsp3) is 0.917. The second-order valence-corrected chi connectivity index (χ2v) is 5.12. The molecule has 1 aliphatic heterocycles. The lowest BCUT2D eigenvalue weighted by atomic mass is 9.95. The molecule has 5 heteroatoms. The minimum absolute atomic E-state index is 0. The van der Waals surface area contributed by atoms with Gasteiger partial charge in [-0.2, -0.15) is 0 Å². The lowest BCUT2D eigenvalue weighted by Crippen LogP contribution is -2.44. The maximum atomic E-state index is 11.6. The average Bonchev–Trinajstić information content (AvgIpc) is 2.16. The first-order chi connectivity index (χ1) is 7.49. The molecule has 4 nitrogen and oxygen atoms in total. The Labute approximate surface area is 110 Å². The summed E-state index contributed by atoms with van der Waals surface area (Å²) in [7, 11) is 0. The van der Waals surface area contributed by atoms with E-state index in [1.54, 1.807) is 0 Å². The highest BCUT2D eigenvalue weighted by Crippen LogP contribution is 2.20. The first-order valence-corrected chi connectivity index (χ1v) is 6.15. The van der Waals surface area contributed by atoms with Crippen LogP contribution in [0.5, 0.6) is 0 Å². The predicted molar refractivity (Wildman–Crippen MR) is 71.3 cm³/mol. The number of rotatable bonds is 4. The molecular weight excluding hydrogens is 240 g/mol. The Kier molecular flexibility index (Phi) is 7.75. The van der Waals surface area contributed by atoms with Crippen LogP contribution in [-0.4, -0.2) is 30.7 Å². The monoisotopic (exact) mass is 264 g/mol. The molecule has 0 spiro atoms. The summed E-state index contributed by atoms with van der Waals surface area (Å²) in [6.07, 6.45) is 2.51. The van der Waals surface area contributed by atoms with E-state index in [0.29, 0.717) is 12.3 Å². The zero-order valence-corrected chi connectivity index (χ0v) is 11.8. The molecular formula is C12H25ClN2O2. The van der Waals surface area contributed by atoms with Gasteiger partial charge in [0.2, 0.25) is 5.91 Å². The summed E-state index contributed by atoms with van der Waals surface area (Å²) >= 11 is 0. The van der Waals surface area contributed by atoms with Gasteiger partial charge in [0.05, 0.1) is 6.10 Å². The Balaban J connectivity index is 0.00000256. The zero-order valence-electron chi connectivity index (χ0n) is 10.9. The molecule has 3 atom stereocenters. The number of carbonyl (C=O) groups excluding carboxylic acids is 1. The number of nitrogens with two attached hydrogens (primary N) is 1. The highest BCUT2D eigenvalue weighted by atomic mass is 35.5. The minimum Gasteiger partial charge on any atom is -0.378 e. The van der Waals surface area contributed by atoms with Crippen molar-refractivity contribution in [3.63, 3.8) is 0 Å². The van der Waals surface area contributed by atoms with Crippen molar-refractivity contribution in [2.45, 2.75) is 58.2 Å². The summed E-state index contributed by atoms with van der Waals surface area (Å²) < 4.78 is 5.66. The van der Waals surface area contributed by atoms with Gasteiger partial charge in [-0.3, -0.25) is 4.79 Å². The Morgan fingerprint density at radius 1 is 1.47 bits per heavy atom. The van der Waals surface area contributed by atoms with Crippen LogP contribution in [0.15, 0.2) is 0 Å². The van der Waals surface area contributed by atoms with Gasteiger partial charge in [0, 0.05) is 25.1 Å². The third-order valence-corrected chi connectivity index (χ3v) is 2.93. The zero-order chi connectivity index (χ0) is 12.1. The molecule has 1 heterocycles. The SMILES string of the molecule is CC(N)CC(=O)NC1CCOC(C(C)C)C1.Cl. The van der Waals surface area contributed by atoms with Crippen molar-refractivity contribution in [2.75, 3.05) is 6.61 Å². The molecule has 1 saturated heterocycles. The van der Waals surface area contributed by atoms with E-state index in [4.69, 9.17) is 10.5 Å². The van der Waals surface area contributed by atoms with E-state index >= 15 is 0 Å². The van der Waals surface area contributed by atoms with E-state index < -0.39 is 0 Å². The van der Waals surface area contributed by atoms with Crippen LogP contribution in [0.25, 0.3) is 0 Å². The summed E-state index contributed by atoms with van der Waals surface area (Å²) in [5.74, 6) is 0.567. The van der Waals surface area contributed by atoms with Crippen molar-refractivity contribution >= 4 is 18.3 Å².